The Morgan fingerprint density at radius 1 is 1.20 bits per heavy atom. The molecule has 0 aliphatic heterocycles. The van der Waals surface area contributed by atoms with Crippen molar-refractivity contribution in [2.75, 3.05) is 0 Å². The van der Waals surface area contributed by atoms with E-state index in [0.29, 0.717) is 11.8 Å². The number of aliphatic carboxylic acids is 1. The van der Waals surface area contributed by atoms with Crippen LogP contribution in [0.4, 0.5) is 0 Å². The number of hydrogen-bond donors (Lipinski definition) is 2. The van der Waals surface area contributed by atoms with Gasteiger partial charge in [-0.05, 0) is 18.3 Å². The molecule has 0 radical (unpaired) electrons. The van der Waals surface area contributed by atoms with E-state index >= 15 is 0 Å². The first-order valence-corrected chi connectivity index (χ1v) is 6.02. The molecular weight excluding hydrogens is 190 g/mol. The van der Waals surface area contributed by atoms with Gasteiger partial charge < -0.3 is 10.8 Å². The second-order valence-electron chi connectivity index (χ2n) is 4.35. The highest BCUT2D eigenvalue weighted by molar-refractivity contribution is 5.67. The van der Waals surface area contributed by atoms with Gasteiger partial charge in [0.15, 0.2) is 0 Å². The van der Waals surface area contributed by atoms with Crippen LogP contribution in [0.5, 0.6) is 0 Å². The number of carboxylic acid groups (broad SMARTS) is 1. The van der Waals surface area contributed by atoms with E-state index in [-0.39, 0.29) is 12.5 Å². The molecule has 3 heteroatoms. The monoisotopic (exact) mass is 215 g/mol. The first kappa shape index (κ1) is 14.4. The van der Waals surface area contributed by atoms with Crippen molar-refractivity contribution in [2.24, 2.45) is 17.6 Å². The van der Waals surface area contributed by atoms with Crippen LogP contribution >= 0.6 is 0 Å². The van der Waals surface area contributed by atoms with Gasteiger partial charge in [0, 0.05) is 6.04 Å². The van der Waals surface area contributed by atoms with Crippen molar-refractivity contribution < 1.29 is 9.90 Å². The van der Waals surface area contributed by atoms with Gasteiger partial charge in [0.2, 0.25) is 0 Å². The van der Waals surface area contributed by atoms with E-state index in [9.17, 15) is 4.79 Å². The summed E-state index contributed by atoms with van der Waals surface area (Å²) in [6.45, 7) is 6.46. The molecule has 0 heterocycles. The van der Waals surface area contributed by atoms with Gasteiger partial charge in [0.25, 0.3) is 0 Å². The van der Waals surface area contributed by atoms with E-state index < -0.39 is 5.97 Å². The Bertz CT molecular complexity index is 178. The molecule has 3 N–H and O–H groups in total. The van der Waals surface area contributed by atoms with Gasteiger partial charge in [0.1, 0.15) is 0 Å². The van der Waals surface area contributed by atoms with E-state index in [2.05, 4.69) is 20.8 Å². The third kappa shape index (κ3) is 5.78. The van der Waals surface area contributed by atoms with Crippen molar-refractivity contribution in [1.82, 2.24) is 0 Å². The Balaban J connectivity index is 4.15. The fourth-order valence-electron chi connectivity index (χ4n) is 2.06. The molecule has 0 spiro atoms. The molecule has 0 saturated carbocycles. The summed E-state index contributed by atoms with van der Waals surface area (Å²) >= 11 is 0. The van der Waals surface area contributed by atoms with Crippen LogP contribution in [0.15, 0.2) is 0 Å². The highest BCUT2D eigenvalue weighted by Gasteiger charge is 2.21. The van der Waals surface area contributed by atoms with Crippen molar-refractivity contribution >= 4 is 5.97 Å². The summed E-state index contributed by atoms with van der Waals surface area (Å²) in [6, 6.07) is -0.187. The summed E-state index contributed by atoms with van der Waals surface area (Å²) in [5, 5.41) is 8.70. The van der Waals surface area contributed by atoms with E-state index in [1.54, 1.807) is 0 Å². The van der Waals surface area contributed by atoms with E-state index in [1.807, 2.05) is 0 Å². The zero-order valence-electron chi connectivity index (χ0n) is 10.2. The summed E-state index contributed by atoms with van der Waals surface area (Å²) in [5.41, 5.74) is 5.91. The number of carbonyl (C=O) groups is 1. The molecule has 0 aliphatic carbocycles. The van der Waals surface area contributed by atoms with Gasteiger partial charge in [-0.1, -0.05) is 40.0 Å². The first-order chi connectivity index (χ1) is 7.04. The molecule has 3 nitrogen and oxygen atoms in total. The van der Waals surface area contributed by atoms with Crippen LogP contribution < -0.4 is 5.73 Å². The molecule has 0 rings (SSSR count). The van der Waals surface area contributed by atoms with Crippen LogP contribution in [0.3, 0.4) is 0 Å². The molecule has 90 valence electrons. The lowest BCUT2D eigenvalue weighted by Gasteiger charge is -2.25. The molecule has 0 aromatic carbocycles. The fourth-order valence-corrected chi connectivity index (χ4v) is 2.06. The Labute approximate surface area is 93.0 Å². The first-order valence-electron chi connectivity index (χ1n) is 6.02. The van der Waals surface area contributed by atoms with Gasteiger partial charge in [0.05, 0.1) is 6.42 Å². The third-order valence-electron chi connectivity index (χ3n) is 3.33. The third-order valence-corrected chi connectivity index (χ3v) is 3.33. The average Bonchev–Trinajstić information content (AvgIpc) is 2.18. The second kappa shape index (κ2) is 7.69. The molecule has 2 atom stereocenters. The second-order valence-corrected chi connectivity index (χ2v) is 4.35. The van der Waals surface area contributed by atoms with Crippen molar-refractivity contribution in [3.05, 3.63) is 0 Å². The van der Waals surface area contributed by atoms with Crippen LogP contribution in [0, 0.1) is 11.8 Å². The van der Waals surface area contributed by atoms with E-state index in [1.165, 1.54) is 0 Å². The standard InChI is InChI=1S/C12H25NO2/c1-4-9(5-2)7-10(6-3)11(13)8-12(14)15/h9-11H,4-8,13H2,1-3H3,(H,14,15). The van der Waals surface area contributed by atoms with E-state index in [4.69, 9.17) is 10.8 Å². The minimum Gasteiger partial charge on any atom is -0.481 e. The predicted molar refractivity (Wildman–Crippen MR) is 62.7 cm³/mol. The highest BCUT2D eigenvalue weighted by Crippen LogP contribution is 2.24. The fraction of sp³-hybridized carbons (Fsp3) is 0.917. The molecule has 0 amide bonds. The highest BCUT2D eigenvalue weighted by atomic mass is 16.4. The van der Waals surface area contributed by atoms with Gasteiger partial charge in [-0.3, -0.25) is 4.79 Å². The van der Waals surface area contributed by atoms with Crippen molar-refractivity contribution in [2.45, 2.75) is 58.9 Å². The summed E-state index contributed by atoms with van der Waals surface area (Å²) < 4.78 is 0. The van der Waals surface area contributed by atoms with Crippen LogP contribution in [-0.2, 0) is 4.79 Å². The molecule has 2 unspecified atom stereocenters. The van der Waals surface area contributed by atoms with Gasteiger partial charge >= 0.3 is 5.97 Å². The summed E-state index contributed by atoms with van der Waals surface area (Å²) in [4.78, 5) is 10.6. The van der Waals surface area contributed by atoms with Gasteiger partial charge in [-0.15, -0.1) is 0 Å². The summed E-state index contributed by atoms with van der Waals surface area (Å²) in [7, 11) is 0. The number of carboxylic acids is 1. The number of nitrogens with two attached hydrogens (primary N) is 1. The molecule has 0 aromatic rings. The molecular formula is C12H25NO2. The maximum absolute atomic E-state index is 10.6. The SMILES string of the molecule is CCC(CC)CC(CC)C(N)CC(=O)O. The Kier molecular flexibility index (Phi) is 7.39. The smallest absolute Gasteiger partial charge is 0.304 e. The molecule has 0 aliphatic rings. The Morgan fingerprint density at radius 3 is 2.07 bits per heavy atom. The van der Waals surface area contributed by atoms with E-state index in [0.717, 1.165) is 25.7 Å². The molecule has 0 fully saturated rings. The normalized spacial score (nSPS) is 15.3. The lowest BCUT2D eigenvalue weighted by molar-refractivity contribution is -0.137. The van der Waals surface area contributed by atoms with Crippen LogP contribution in [-0.4, -0.2) is 17.1 Å². The van der Waals surface area contributed by atoms with Crippen LogP contribution in [0.2, 0.25) is 0 Å². The quantitative estimate of drug-likeness (QED) is 0.654. The molecule has 0 bridgehead atoms. The number of rotatable bonds is 8. The summed E-state index contributed by atoms with van der Waals surface area (Å²) in [6.07, 6.45) is 4.46. The lowest BCUT2D eigenvalue weighted by Crippen LogP contribution is -2.33. The van der Waals surface area contributed by atoms with Crippen molar-refractivity contribution in [3.8, 4) is 0 Å². The minimum atomic E-state index is -0.787. The zero-order chi connectivity index (χ0) is 11.8. The number of hydrogen-bond acceptors (Lipinski definition) is 2. The minimum absolute atomic E-state index is 0.0959. The van der Waals surface area contributed by atoms with Gasteiger partial charge in [-0.2, -0.15) is 0 Å². The van der Waals surface area contributed by atoms with Crippen molar-refractivity contribution in [3.63, 3.8) is 0 Å². The Hall–Kier alpha value is -0.570. The summed E-state index contributed by atoms with van der Waals surface area (Å²) in [5.74, 6) is 0.256. The maximum Gasteiger partial charge on any atom is 0.304 e. The van der Waals surface area contributed by atoms with Gasteiger partial charge in [-0.25, -0.2) is 0 Å². The average molecular weight is 215 g/mol. The van der Waals surface area contributed by atoms with Crippen molar-refractivity contribution in [1.29, 1.82) is 0 Å². The largest absolute Gasteiger partial charge is 0.481 e. The van der Waals surface area contributed by atoms with Crippen LogP contribution in [0.25, 0.3) is 0 Å². The molecule has 15 heavy (non-hydrogen) atoms. The topological polar surface area (TPSA) is 63.3 Å². The lowest BCUT2D eigenvalue weighted by atomic mass is 9.84. The van der Waals surface area contributed by atoms with Crippen LogP contribution in [0.1, 0.15) is 52.9 Å². The predicted octanol–water partition coefficient (Wildman–Crippen LogP) is 2.64. The Morgan fingerprint density at radius 2 is 1.73 bits per heavy atom. The molecule has 0 saturated heterocycles. The maximum atomic E-state index is 10.6. The molecule has 0 aromatic heterocycles. The zero-order valence-corrected chi connectivity index (χ0v) is 10.2.